The highest BCUT2D eigenvalue weighted by molar-refractivity contribution is 7.09. The predicted molar refractivity (Wildman–Crippen MR) is 77.0 cm³/mol. The number of rotatable bonds is 5. The van der Waals surface area contributed by atoms with E-state index < -0.39 is 0 Å². The molecule has 2 fully saturated rings. The van der Waals surface area contributed by atoms with Crippen molar-refractivity contribution in [1.82, 2.24) is 10.3 Å². The summed E-state index contributed by atoms with van der Waals surface area (Å²) in [7, 11) is 0. The summed E-state index contributed by atoms with van der Waals surface area (Å²) in [6, 6.07) is 0.787. The van der Waals surface area contributed by atoms with Crippen molar-refractivity contribution in [3.8, 4) is 0 Å². The second-order valence-electron chi connectivity index (χ2n) is 5.96. The van der Waals surface area contributed by atoms with E-state index in [1.165, 1.54) is 55.6 Å². The Morgan fingerprint density at radius 3 is 2.67 bits per heavy atom. The number of nitrogens with zero attached hydrogens (tertiary/aromatic N) is 1. The van der Waals surface area contributed by atoms with E-state index in [9.17, 15) is 0 Å². The molecule has 2 nitrogen and oxygen atoms in total. The van der Waals surface area contributed by atoms with Crippen LogP contribution in [0.5, 0.6) is 0 Å². The molecule has 0 unspecified atom stereocenters. The maximum Gasteiger partial charge on any atom is 0.0959 e. The molecule has 3 heteroatoms. The van der Waals surface area contributed by atoms with Crippen molar-refractivity contribution in [1.29, 1.82) is 0 Å². The summed E-state index contributed by atoms with van der Waals surface area (Å²) in [5.41, 5.74) is 1.26. The van der Waals surface area contributed by atoms with Gasteiger partial charge in [0.2, 0.25) is 0 Å². The number of thiazole rings is 1. The third-order valence-electron chi connectivity index (χ3n) is 4.49. The van der Waals surface area contributed by atoms with Gasteiger partial charge in [0.1, 0.15) is 0 Å². The van der Waals surface area contributed by atoms with Gasteiger partial charge in [0.25, 0.3) is 0 Å². The van der Waals surface area contributed by atoms with Gasteiger partial charge in [-0.3, -0.25) is 0 Å². The highest BCUT2D eigenvalue weighted by Crippen LogP contribution is 2.38. The molecular formula is C15H24N2S. The van der Waals surface area contributed by atoms with Crippen molar-refractivity contribution in [2.45, 2.75) is 70.4 Å². The molecule has 1 aromatic heterocycles. The Kier molecular flexibility index (Phi) is 4.00. The zero-order chi connectivity index (χ0) is 12.4. The van der Waals surface area contributed by atoms with Crippen molar-refractivity contribution < 1.29 is 0 Å². The Balaban J connectivity index is 1.52. The van der Waals surface area contributed by atoms with Crippen LogP contribution >= 0.6 is 11.3 Å². The second-order valence-corrected chi connectivity index (χ2v) is 6.85. The zero-order valence-corrected chi connectivity index (χ0v) is 12.1. The van der Waals surface area contributed by atoms with E-state index >= 15 is 0 Å². The summed E-state index contributed by atoms with van der Waals surface area (Å²) >= 11 is 1.89. The smallest absolute Gasteiger partial charge is 0.0959 e. The topological polar surface area (TPSA) is 24.9 Å². The standard InChI is InChI=1S/C15H24N2S/c1-2-11-3-5-12(6-4-11)15-17-14(10-18-15)9-16-13-7-8-13/h10-13,16H,2-9H2,1H3. The first-order chi connectivity index (χ1) is 8.85. The minimum Gasteiger partial charge on any atom is -0.308 e. The molecule has 0 amide bonds. The molecule has 0 aliphatic heterocycles. The van der Waals surface area contributed by atoms with E-state index in [0.29, 0.717) is 0 Å². The molecule has 2 saturated carbocycles. The molecule has 100 valence electrons. The highest BCUT2D eigenvalue weighted by atomic mass is 32.1. The summed E-state index contributed by atoms with van der Waals surface area (Å²) in [4.78, 5) is 4.84. The zero-order valence-electron chi connectivity index (χ0n) is 11.3. The Labute approximate surface area is 114 Å². The Morgan fingerprint density at radius 1 is 1.22 bits per heavy atom. The van der Waals surface area contributed by atoms with Crippen LogP contribution in [0, 0.1) is 5.92 Å². The van der Waals surface area contributed by atoms with Gasteiger partial charge >= 0.3 is 0 Å². The molecule has 1 aromatic rings. The second kappa shape index (κ2) is 5.70. The lowest BCUT2D eigenvalue weighted by Crippen LogP contribution is -2.16. The van der Waals surface area contributed by atoms with Gasteiger partial charge < -0.3 is 5.32 Å². The molecule has 18 heavy (non-hydrogen) atoms. The fraction of sp³-hybridized carbons (Fsp3) is 0.800. The third-order valence-corrected chi connectivity index (χ3v) is 5.55. The molecule has 0 saturated heterocycles. The van der Waals surface area contributed by atoms with Crippen LogP contribution in [0.4, 0.5) is 0 Å². The van der Waals surface area contributed by atoms with Gasteiger partial charge in [0.15, 0.2) is 0 Å². The van der Waals surface area contributed by atoms with E-state index in [2.05, 4.69) is 17.6 Å². The van der Waals surface area contributed by atoms with E-state index in [-0.39, 0.29) is 0 Å². The quantitative estimate of drug-likeness (QED) is 0.867. The molecular weight excluding hydrogens is 240 g/mol. The molecule has 2 aliphatic rings. The minimum atomic E-state index is 0.757. The van der Waals surface area contributed by atoms with Crippen LogP contribution < -0.4 is 5.32 Å². The first kappa shape index (κ1) is 12.6. The molecule has 0 aromatic carbocycles. The molecule has 2 aliphatic carbocycles. The maximum atomic E-state index is 4.84. The van der Waals surface area contributed by atoms with Crippen molar-refractivity contribution >= 4 is 11.3 Å². The van der Waals surface area contributed by atoms with Gasteiger partial charge in [-0.15, -0.1) is 11.3 Å². The molecule has 0 bridgehead atoms. The Morgan fingerprint density at radius 2 is 2.00 bits per heavy atom. The SMILES string of the molecule is CCC1CCC(c2nc(CNC3CC3)cs2)CC1. The van der Waals surface area contributed by atoms with Crippen molar-refractivity contribution in [3.63, 3.8) is 0 Å². The van der Waals surface area contributed by atoms with Gasteiger partial charge in [0, 0.05) is 23.9 Å². The third kappa shape index (κ3) is 3.12. The Bertz CT molecular complexity index is 376. The first-order valence-electron chi connectivity index (χ1n) is 7.53. The first-order valence-corrected chi connectivity index (χ1v) is 8.40. The molecule has 1 heterocycles. The monoisotopic (exact) mass is 264 g/mol. The Hall–Kier alpha value is -0.410. The largest absolute Gasteiger partial charge is 0.308 e. The number of hydrogen-bond donors (Lipinski definition) is 1. The molecule has 3 rings (SSSR count). The molecule has 1 N–H and O–H groups in total. The van der Waals surface area contributed by atoms with Crippen LogP contribution in [-0.2, 0) is 6.54 Å². The van der Waals surface area contributed by atoms with Crippen LogP contribution in [0.2, 0.25) is 0 Å². The van der Waals surface area contributed by atoms with Crippen LogP contribution in [0.15, 0.2) is 5.38 Å². The van der Waals surface area contributed by atoms with Crippen molar-refractivity contribution in [2.75, 3.05) is 0 Å². The average molecular weight is 264 g/mol. The van der Waals surface area contributed by atoms with E-state index in [1.54, 1.807) is 0 Å². The summed E-state index contributed by atoms with van der Waals surface area (Å²) in [5, 5.41) is 7.21. The average Bonchev–Trinajstić information content (AvgIpc) is 3.14. The fourth-order valence-electron chi connectivity index (χ4n) is 2.95. The van der Waals surface area contributed by atoms with Crippen LogP contribution in [-0.4, -0.2) is 11.0 Å². The van der Waals surface area contributed by atoms with Gasteiger partial charge in [-0.2, -0.15) is 0 Å². The molecule has 0 spiro atoms. The number of aromatic nitrogens is 1. The van der Waals surface area contributed by atoms with Gasteiger partial charge in [-0.05, 0) is 44.4 Å². The summed E-state index contributed by atoms with van der Waals surface area (Å²) in [5.74, 6) is 1.74. The minimum absolute atomic E-state index is 0.757. The lowest BCUT2D eigenvalue weighted by molar-refractivity contribution is 0.318. The van der Waals surface area contributed by atoms with E-state index in [0.717, 1.165) is 24.4 Å². The number of nitrogens with one attached hydrogen (secondary N) is 1. The predicted octanol–water partition coefficient (Wildman–Crippen LogP) is 4.08. The van der Waals surface area contributed by atoms with Crippen molar-refractivity contribution in [2.24, 2.45) is 5.92 Å². The van der Waals surface area contributed by atoms with Crippen LogP contribution in [0.3, 0.4) is 0 Å². The highest BCUT2D eigenvalue weighted by Gasteiger charge is 2.24. The van der Waals surface area contributed by atoms with Crippen LogP contribution in [0.25, 0.3) is 0 Å². The molecule has 0 radical (unpaired) electrons. The molecule has 0 atom stereocenters. The lowest BCUT2D eigenvalue weighted by atomic mass is 9.81. The van der Waals surface area contributed by atoms with Gasteiger partial charge in [0.05, 0.1) is 10.7 Å². The number of hydrogen-bond acceptors (Lipinski definition) is 3. The fourth-order valence-corrected chi connectivity index (χ4v) is 3.94. The summed E-state index contributed by atoms with van der Waals surface area (Å²) in [6.45, 7) is 3.31. The van der Waals surface area contributed by atoms with E-state index in [1.807, 2.05) is 11.3 Å². The maximum absolute atomic E-state index is 4.84. The summed E-state index contributed by atoms with van der Waals surface area (Å²) < 4.78 is 0. The van der Waals surface area contributed by atoms with E-state index in [4.69, 9.17) is 4.98 Å². The van der Waals surface area contributed by atoms with Gasteiger partial charge in [-0.1, -0.05) is 13.3 Å². The lowest BCUT2D eigenvalue weighted by Gasteiger charge is -2.26. The van der Waals surface area contributed by atoms with Crippen LogP contribution in [0.1, 0.15) is 68.5 Å². The summed E-state index contributed by atoms with van der Waals surface area (Å²) in [6.07, 6.45) is 9.63. The van der Waals surface area contributed by atoms with Crippen molar-refractivity contribution in [3.05, 3.63) is 16.1 Å². The normalized spacial score (nSPS) is 28.5. The van der Waals surface area contributed by atoms with Gasteiger partial charge in [-0.25, -0.2) is 4.98 Å².